The highest BCUT2D eigenvalue weighted by Crippen LogP contribution is 2.32. The smallest absolute Gasteiger partial charge is 0.220 e. The van der Waals surface area contributed by atoms with E-state index < -0.39 is 0 Å². The van der Waals surface area contributed by atoms with Crippen LogP contribution >= 0.6 is 0 Å². The fraction of sp³-hybridized carbons (Fsp3) is 0.481. The molecule has 0 fully saturated rings. The van der Waals surface area contributed by atoms with Crippen molar-refractivity contribution in [2.24, 2.45) is 0 Å². The van der Waals surface area contributed by atoms with E-state index in [0.29, 0.717) is 55.2 Å². The molecule has 2 aromatic carbocycles. The van der Waals surface area contributed by atoms with Crippen LogP contribution in [0.4, 0.5) is 0 Å². The van der Waals surface area contributed by atoms with Crippen LogP contribution in [0.15, 0.2) is 36.4 Å². The van der Waals surface area contributed by atoms with Crippen molar-refractivity contribution in [3.8, 4) is 23.0 Å². The number of aryl methyl sites for hydroxylation is 2. The molecule has 0 saturated carbocycles. The van der Waals surface area contributed by atoms with E-state index in [9.17, 15) is 9.59 Å². The molecule has 0 aliphatic heterocycles. The lowest BCUT2D eigenvalue weighted by Crippen LogP contribution is -2.43. The minimum Gasteiger partial charge on any atom is -0.493 e. The molecule has 8 heteroatoms. The first-order valence-electron chi connectivity index (χ1n) is 11.9. The van der Waals surface area contributed by atoms with Gasteiger partial charge in [0.1, 0.15) is 0 Å². The third-order valence-electron chi connectivity index (χ3n) is 5.76. The number of benzene rings is 2. The van der Waals surface area contributed by atoms with Gasteiger partial charge in [0, 0.05) is 25.4 Å². The summed E-state index contributed by atoms with van der Waals surface area (Å²) < 4.78 is 21.5. The van der Waals surface area contributed by atoms with E-state index in [-0.39, 0.29) is 17.9 Å². The number of methoxy groups -OCH3 is 4. The number of ether oxygens (including phenoxy) is 4. The summed E-state index contributed by atoms with van der Waals surface area (Å²) in [4.78, 5) is 25.1. The molecule has 0 aliphatic carbocycles. The minimum absolute atomic E-state index is 0.0660. The maximum atomic E-state index is 12.6. The third kappa shape index (κ3) is 8.38. The van der Waals surface area contributed by atoms with Gasteiger partial charge in [0.15, 0.2) is 23.0 Å². The molecule has 0 bridgehead atoms. The Bertz CT molecular complexity index is 963. The molecular formula is C27H38N2O6. The number of nitrogens with one attached hydrogen (secondary N) is 2. The van der Waals surface area contributed by atoms with E-state index in [1.807, 2.05) is 36.4 Å². The van der Waals surface area contributed by atoms with Gasteiger partial charge in [-0.2, -0.15) is 0 Å². The van der Waals surface area contributed by atoms with Crippen LogP contribution in [0.25, 0.3) is 0 Å². The molecule has 35 heavy (non-hydrogen) atoms. The third-order valence-corrected chi connectivity index (χ3v) is 5.76. The zero-order valence-electron chi connectivity index (χ0n) is 21.4. The largest absolute Gasteiger partial charge is 0.493 e. The lowest BCUT2D eigenvalue weighted by Gasteiger charge is -2.19. The zero-order chi connectivity index (χ0) is 25.6. The highest BCUT2D eigenvalue weighted by molar-refractivity contribution is 5.78. The second-order valence-corrected chi connectivity index (χ2v) is 8.16. The van der Waals surface area contributed by atoms with Gasteiger partial charge in [0.05, 0.1) is 28.4 Å². The number of hydrogen-bond acceptors (Lipinski definition) is 6. The number of para-hydroxylation sites is 2. The number of carbonyl (C=O) groups excluding carboxylic acids is 2. The lowest BCUT2D eigenvalue weighted by atomic mass is 10.1. The van der Waals surface area contributed by atoms with Crippen molar-refractivity contribution in [1.82, 2.24) is 10.6 Å². The molecule has 0 aromatic heterocycles. The number of carbonyl (C=O) groups is 2. The summed E-state index contributed by atoms with van der Waals surface area (Å²) in [5.74, 6) is 2.43. The van der Waals surface area contributed by atoms with Gasteiger partial charge < -0.3 is 29.6 Å². The molecule has 0 radical (unpaired) electrons. The van der Waals surface area contributed by atoms with Crippen LogP contribution in [0, 0.1) is 0 Å². The van der Waals surface area contributed by atoms with E-state index in [4.69, 9.17) is 18.9 Å². The topological polar surface area (TPSA) is 95.1 Å². The minimum atomic E-state index is -0.130. The average Bonchev–Trinajstić information content (AvgIpc) is 2.88. The zero-order valence-corrected chi connectivity index (χ0v) is 21.4. The molecule has 0 heterocycles. The van der Waals surface area contributed by atoms with Crippen molar-refractivity contribution in [3.63, 3.8) is 0 Å². The molecule has 2 amide bonds. The molecule has 192 valence electrons. The highest BCUT2D eigenvalue weighted by atomic mass is 16.5. The van der Waals surface area contributed by atoms with Crippen molar-refractivity contribution in [3.05, 3.63) is 47.5 Å². The number of rotatable bonds is 15. The van der Waals surface area contributed by atoms with Gasteiger partial charge in [0.2, 0.25) is 11.8 Å². The van der Waals surface area contributed by atoms with Crippen LogP contribution in [-0.2, 0) is 22.4 Å². The molecule has 8 nitrogen and oxygen atoms in total. The molecule has 2 rings (SSSR count). The second kappa shape index (κ2) is 14.8. The first-order chi connectivity index (χ1) is 17.0. The summed E-state index contributed by atoms with van der Waals surface area (Å²) in [6.07, 6.45) is 3.35. The molecule has 1 atom stereocenters. The van der Waals surface area contributed by atoms with Crippen molar-refractivity contribution < 1.29 is 28.5 Å². The Labute approximate surface area is 208 Å². The van der Waals surface area contributed by atoms with E-state index in [1.54, 1.807) is 28.4 Å². The normalized spacial score (nSPS) is 11.3. The standard InChI is InChI=1S/C27H38N2O6/c1-6-9-21(29-25(31)17-15-20-11-8-13-23(33-3)27(20)35-5)18-28-24(30)16-14-19-10-7-12-22(32-2)26(19)34-4/h7-8,10-13,21H,6,9,14-18H2,1-5H3,(H,28,30)(H,29,31). The van der Waals surface area contributed by atoms with Gasteiger partial charge in [0.25, 0.3) is 0 Å². The van der Waals surface area contributed by atoms with Gasteiger partial charge in [-0.1, -0.05) is 37.6 Å². The van der Waals surface area contributed by atoms with Gasteiger partial charge >= 0.3 is 0 Å². The lowest BCUT2D eigenvalue weighted by molar-refractivity contribution is -0.123. The van der Waals surface area contributed by atoms with E-state index >= 15 is 0 Å². The van der Waals surface area contributed by atoms with Crippen LogP contribution in [-0.4, -0.2) is 52.8 Å². The van der Waals surface area contributed by atoms with E-state index in [2.05, 4.69) is 17.6 Å². The van der Waals surface area contributed by atoms with Gasteiger partial charge in [-0.3, -0.25) is 9.59 Å². The predicted molar refractivity (Wildman–Crippen MR) is 136 cm³/mol. The Kier molecular flexibility index (Phi) is 11.7. The molecule has 0 aliphatic rings. The molecule has 1 unspecified atom stereocenters. The average molecular weight is 487 g/mol. The molecular weight excluding hydrogens is 448 g/mol. The Hall–Kier alpha value is -3.42. The van der Waals surface area contributed by atoms with Crippen LogP contribution in [0.5, 0.6) is 23.0 Å². The SMILES string of the molecule is CCCC(CNC(=O)CCc1cccc(OC)c1OC)NC(=O)CCc1cccc(OC)c1OC. The molecule has 2 aromatic rings. The first-order valence-corrected chi connectivity index (χ1v) is 11.9. The fourth-order valence-electron chi connectivity index (χ4n) is 4.00. The summed E-state index contributed by atoms with van der Waals surface area (Å²) in [7, 11) is 6.35. The van der Waals surface area contributed by atoms with Crippen LogP contribution in [0.1, 0.15) is 43.7 Å². The molecule has 0 spiro atoms. The Balaban J connectivity index is 1.85. The van der Waals surface area contributed by atoms with Gasteiger partial charge in [-0.05, 0) is 42.5 Å². The highest BCUT2D eigenvalue weighted by Gasteiger charge is 2.16. The fourth-order valence-corrected chi connectivity index (χ4v) is 4.00. The van der Waals surface area contributed by atoms with Crippen molar-refractivity contribution >= 4 is 11.8 Å². The Morgan fingerprint density at radius 1 is 0.771 bits per heavy atom. The number of amides is 2. The van der Waals surface area contributed by atoms with E-state index in [1.165, 1.54) is 0 Å². The first kappa shape index (κ1) is 27.8. The van der Waals surface area contributed by atoms with Crippen molar-refractivity contribution in [2.45, 2.75) is 51.5 Å². The summed E-state index contributed by atoms with van der Waals surface area (Å²) in [5.41, 5.74) is 1.82. The molecule has 2 N–H and O–H groups in total. The van der Waals surface area contributed by atoms with Gasteiger partial charge in [-0.15, -0.1) is 0 Å². The van der Waals surface area contributed by atoms with E-state index in [0.717, 1.165) is 24.0 Å². The summed E-state index contributed by atoms with van der Waals surface area (Å²) in [5, 5.41) is 6.01. The number of hydrogen-bond donors (Lipinski definition) is 2. The summed E-state index contributed by atoms with van der Waals surface area (Å²) in [6, 6.07) is 11.1. The van der Waals surface area contributed by atoms with Crippen LogP contribution < -0.4 is 29.6 Å². The van der Waals surface area contributed by atoms with Crippen LogP contribution in [0.2, 0.25) is 0 Å². The van der Waals surface area contributed by atoms with Crippen molar-refractivity contribution in [1.29, 1.82) is 0 Å². The second-order valence-electron chi connectivity index (χ2n) is 8.16. The monoisotopic (exact) mass is 486 g/mol. The Morgan fingerprint density at radius 2 is 1.29 bits per heavy atom. The quantitative estimate of drug-likeness (QED) is 0.399. The maximum absolute atomic E-state index is 12.6. The summed E-state index contributed by atoms with van der Waals surface area (Å²) >= 11 is 0. The maximum Gasteiger partial charge on any atom is 0.220 e. The predicted octanol–water partition coefficient (Wildman–Crippen LogP) is 3.69. The Morgan fingerprint density at radius 3 is 1.74 bits per heavy atom. The molecule has 0 saturated heterocycles. The van der Waals surface area contributed by atoms with Crippen molar-refractivity contribution in [2.75, 3.05) is 35.0 Å². The van der Waals surface area contributed by atoms with Crippen LogP contribution in [0.3, 0.4) is 0 Å². The summed E-state index contributed by atoms with van der Waals surface area (Å²) in [6.45, 7) is 2.44. The van der Waals surface area contributed by atoms with Gasteiger partial charge in [-0.25, -0.2) is 0 Å².